The Kier molecular flexibility index (Phi) is 3.49. The van der Waals surface area contributed by atoms with Gasteiger partial charge in [0.05, 0.1) is 19.1 Å². The lowest BCUT2D eigenvalue weighted by molar-refractivity contribution is 0.355. The number of methoxy groups -OCH3 is 2. The van der Waals surface area contributed by atoms with E-state index in [1.807, 2.05) is 31.4 Å². The highest BCUT2D eigenvalue weighted by molar-refractivity contribution is 7.18. The number of nitrogens with zero attached hydrogens (tertiary/aromatic N) is 1. The van der Waals surface area contributed by atoms with Gasteiger partial charge in [-0.15, -0.1) is 0 Å². The van der Waals surface area contributed by atoms with E-state index in [-0.39, 0.29) is 0 Å². The molecule has 4 nitrogen and oxygen atoms in total. The van der Waals surface area contributed by atoms with E-state index >= 15 is 0 Å². The summed E-state index contributed by atoms with van der Waals surface area (Å²) >= 11 is 1.60. The maximum Gasteiger partial charge on any atom is 0.182 e. The first-order chi connectivity index (χ1) is 8.28. The van der Waals surface area contributed by atoms with Crippen molar-refractivity contribution < 1.29 is 9.47 Å². The van der Waals surface area contributed by atoms with Crippen molar-refractivity contribution in [3.8, 4) is 21.9 Å². The first-order valence-electron chi connectivity index (χ1n) is 5.14. The van der Waals surface area contributed by atoms with E-state index in [9.17, 15) is 0 Å². The van der Waals surface area contributed by atoms with Gasteiger partial charge in [-0.2, -0.15) is 0 Å². The van der Waals surface area contributed by atoms with Gasteiger partial charge in [-0.25, -0.2) is 4.98 Å². The Morgan fingerprint density at radius 2 is 1.94 bits per heavy atom. The molecule has 0 fully saturated rings. The summed E-state index contributed by atoms with van der Waals surface area (Å²) in [6, 6.07) is 5.84. The van der Waals surface area contributed by atoms with Gasteiger partial charge in [0.1, 0.15) is 0 Å². The molecule has 2 rings (SSSR count). The SMILES string of the molecule is CNc1ncc(-c2ccc(OC)c(OC)c2)s1. The van der Waals surface area contributed by atoms with Gasteiger partial charge in [0.2, 0.25) is 0 Å². The summed E-state index contributed by atoms with van der Waals surface area (Å²) in [6.45, 7) is 0. The van der Waals surface area contributed by atoms with Crippen molar-refractivity contribution in [2.24, 2.45) is 0 Å². The molecule has 0 aliphatic carbocycles. The summed E-state index contributed by atoms with van der Waals surface area (Å²) in [5.41, 5.74) is 1.07. The van der Waals surface area contributed by atoms with Crippen molar-refractivity contribution in [3.05, 3.63) is 24.4 Å². The number of thiazole rings is 1. The van der Waals surface area contributed by atoms with Crippen LogP contribution in [-0.4, -0.2) is 26.3 Å². The molecule has 1 aromatic carbocycles. The molecule has 0 spiro atoms. The maximum absolute atomic E-state index is 5.28. The first kappa shape index (κ1) is 11.7. The predicted octanol–water partition coefficient (Wildman–Crippen LogP) is 2.87. The van der Waals surface area contributed by atoms with Crippen molar-refractivity contribution in [3.63, 3.8) is 0 Å². The van der Waals surface area contributed by atoms with E-state index in [1.165, 1.54) is 0 Å². The zero-order chi connectivity index (χ0) is 12.3. The van der Waals surface area contributed by atoms with Crippen LogP contribution in [0, 0.1) is 0 Å². The Bertz CT molecular complexity index is 511. The number of aromatic nitrogens is 1. The second-order valence-corrected chi connectivity index (χ2v) is 4.38. The van der Waals surface area contributed by atoms with Crippen LogP contribution in [0.3, 0.4) is 0 Å². The van der Waals surface area contributed by atoms with E-state index in [0.29, 0.717) is 0 Å². The molecule has 0 saturated carbocycles. The van der Waals surface area contributed by atoms with Crippen molar-refractivity contribution in [2.45, 2.75) is 0 Å². The Morgan fingerprint density at radius 1 is 1.18 bits per heavy atom. The highest BCUT2D eigenvalue weighted by Crippen LogP contribution is 2.35. The van der Waals surface area contributed by atoms with Crippen LogP contribution >= 0.6 is 11.3 Å². The minimum absolute atomic E-state index is 0.726. The normalized spacial score (nSPS) is 10.1. The van der Waals surface area contributed by atoms with E-state index < -0.39 is 0 Å². The van der Waals surface area contributed by atoms with Gasteiger partial charge >= 0.3 is 0 Å². The van der Waals surface area contributed by atoms with Crippen LogP contribution in [0.15, 0.2) is 24.4 Å². The molecule has 17 heavy (non-hydrogen) atoms. The van der Waals surface area contributed by atoms with Crippen molar-refractivity contribution >= 4 is 16.5 Å². The predicted molar refractivity (Wildman–Crippen MR) is 70.2 cm³/mol. The average molecular weight is 250 g/mol. The Morgan fingerprint density at radius 3 is 2.53 bits per heavy atom. The Balaban J connectivity index is 2.38. The summed E-state index contributed by atoms with van der Waals surface area (Å²) < 4.78 is 10.5. The van der Waals surface area contributed by atoms with Gasteiger partial charge in [0.15, 0.2) is 16.6 Å². The molecule has 0 amide bonds. The molecule has 5 heteroatoms. The third kappa shape index (κ3) is 2.34. The highest BCUT2D eigenvalue weighted by Gasteiger charge is 2.08. The van der Waals surface area contributed by atoms with Crippen LogP contribution in [0.2, 0.25) is 0 Å². The molecular weight excluding hydrogens is 236 g/mol. The van der Waals surface area contributed by atoms with E-state index in [2.05, 4.69) is 10.3 Å². The Hall–Kier alpha value is -1.75. The number of rotatable bonds is 4. The van der Waals surface area contributed by atoms with Gasteiger partial charge in [-0.05, 0) is 23.8 Å². The smallest absolute Gasteiger partial charge is 0.182 e. The van der Waals surface area contributed by atoms with E-state index in [1.54, 1.807) is 25.6 Å². The van der Waals surface area contributed by atoms with E-state index in [4.69, 9.17) is 9.47 Å². The molecule has 2 aromatic rings. The molecule has 0 unspecified atom stereocenters. The average Bonchev–Trinajstić information content (AvgIpc) is 2.86. The summed E-state index contributed by atoms with van der Waals surface area (Å²) in [4.78, 5) is 5.34. The zero-order valence-electron chi connectivity index (χ0n) is 9.98. The monoisotopic (exact) mass is 250 g/mol. The molecule has 1 aromatic heterocycles. The molecule has 0 atom stereocenters. The van der Waals surface area contributed by atoms with Crippen molar-refractivity contribution in [1.29, 1.82) is 0 Å². The summed E-state index contributed by atoms with van der Waals surface area (Å²) in [5, 5.41) is 3.92. The van der Waals surface area contributed by atoms with Gasteiger partial charge < -0.3 is 14.8 Å². The van der Waals surface area contributed by atoms with Gasteiger partial charge in [-0.1, -0.05) is 11.3 Å². The number of nitrogens with one attached hydrogen (secondary N) is 1. The molecule has 0 aliphatic heterocycles. The summed E-state index contributed by atoms with van der Waals surface area (Å²) in [7, 11) is 5.12. The van der Waals surface area contributed by atoms with Crippen LogP contribution in [0.4, 0.5) is 5.13 Å². The van der Waals surface area contributed by atoms with Crippen molar-refractivity contribution in [1.82, 2.24) is 4.98 Å². The highest BCUT2D eigenvalue weighted by atomic mass is 32.1. The number of anilines is 1. The lowest BCUT2D eigenvalue weighted by atomic mass is 10.2. The quantitative estimate of drug-likeness (QED) is 0.906. The third-order valence-electron chi connectivity index (χ3n) is 2.39. The summed E-state index contributed by atoms with van der Waals surface area (Å²) in [5.74, 6) is 1.46. The number of ether oxygens (including phenoxy) is 2. The summed E-state index contributed by atoms with van der Waals surface area (Å²) in [6.07, 6.45) is 1.84. The first-order valence-corrected chi connectivity index (χ1v) is 5.96. The molecule has 0 bridgehead atoms. The lowest BCUT2D eigenvalue weighted by Crippen LogP contribution is -1.90. The second-order valence-electron chi connectivity index (χ2n) is 3.35. The standard InChI is InChI=1S/C12H14N2O2S/c1-13-12-14-7-11(17-12)8-4-5-9(15-2)10(6-8)16-3/h4-7H,1-3H3,(H,13,14). The maximum atomic E-state index is 5.28. The van der Waals surface area contributed by atoms with Gasteiger partial charge in [0, 0.05) is 13.2 Å². The fourth-order valence-corrected chi connectivity index (χ4v) is 2.28. The van der Waals surface area contributed by atoms with Crippen LogP contribution in [0.25, 0.3) is 10.4 Å². The lowest BCUT2D eigenvalue weighted by Gasteiger charge is -2.08. The third-order valence-corrected chi connectivity index (χ3v) is 3.45. The molecule has 1 N–H and O–H groups in total. The minimum atomic E-state index is 0.726. The fourth-order valence-electron chi connectivity index (χ4n) is 1.51. The topological polar surface area (TPSA) is 43.4 Å². The molecular formula is C12H14N2O2S. The second kappa shape index (κ2) is 5.05. The molecule has 0 radical (unpaired) electrons. The van der Waals surface area contributed by atoms with Gasteiger partial charge in [0.25, 0.3) is 0 Å². The minimum Gasteiger partial charge on any atom is -0.493 e. The number of benzene rings is 1. The van der Waals surface area contributed by atoms with Crippen LogP contribution in [-0.2, 0) is 0 Å². The molecule has 0 saturated heterocycles. The molecule has 0 aliphatic rings. The number of hydrogen-bond acceptors (Lipinski definition) is 5. The van der Waals surface area contributed by atoms with E-state index in [0.717, 1.165) is 27.1 Å². The van der Waals surface area contributed by atoms with Gasteiger partial charge in [-0.3, -0.25) is 0 Å². The fraction of sp³-hybridized carbons (Fsp3) is 0.250. The molecule has 90 valence electrons. The largest absolute Gasteiger partial charge is 0.493 e. The van der Waals surface area contributed by atoms with Crippen molar-refractivity contribution in [2.75, 3.05) is 26.6 Å². The van der Waals surface area contributed by atoms with Crippen LogP contribution < -0.4 is 14.8 Å². The number of hydrogen-bond donors (Lipinski definition) is 1. The zero-order valence-corrected chi connectivity index (χ0v) is 10.8. The Labute approximate surface area is 104 Å². The van der Waals surface area contributed by atoms with Crippen LogP contribution in [0.1, 0.15) is 0 Å². The molecule has 1 heterocycles. The van der Waals surface area contributed by atoms with Crippen LogP contribution in [0.5, 0.6) is 11.5 Å².